The number of terminal acetylenes is 1. The molecule has 1 amide bonds. The van der Waals surface area contributed by atoms with Crippen LogP contribution in [0.1, 0.15) is 52.9 Å². The lowest BCUT2D eigenvalue weighted by molar-refractivity contribution is -0.122. The Morgan fingerprint density at radius 2 is 2.00 bits per heavy atom. The van der Waals surface area contributed by atoms with E-state index < -0.39 is 0 Å². The van der Waals surface area contributed by atoms with Crippen molar-refractivity contribution in [1.29, 1.82) is 0 Å². The first-order valence-corrected chi connectivity index (χ1v) is 6.62. The highest BCUT2D eigenvalue weighted by molar-refractivity contribution is 5.81. The predicted octanol–water partition coefficient (Wildman–Crippen LogP) is 2.07. The van der Waals surface area contributed by atoms with Crippen LogP contribution in [0.4, 0.5) is 0 Å². The molecule has 0 saturated heterocycles. The van der Waals surface area contributed by atoms with Gasteiger partial charge in [0.15, 0.2) is 0 Å². The van der Waals surface area contributed by atoms with E-state index in [0.717, 1.165) is 19.3 Å². The van der Waals surface area contributed by atoms with E-state index in [1.807, 2.05) is 6.92 Å². The first-order valence-electron chi connectivity index (χ1n) is 6.62. The molecule has 2 unspecified atom stereocenters. The highest BCUT2D eigenvalue weighted by Crippen LogP contribution is 2.07. The standard InChI is InChI=1S/C14H26N2O/c1-5-8-10-13(9-6-2)16-12(4)14(17)15-11-7-3/h3,12-13,16H,5-6,8-11H2,1-2,4H3,(H,15,17). The summed E-state index contributed by atoms with van der Waals surface area (Å²) in [4.78, 5) is 11.6. The van der Waals surface area contributed by atoms with Crippen molar-refractivity contribution in [2.75, 3.05) is 6.54 Å². The van der Waals surface area contributed by atoms with Crippen molar-refractivity contribution in [2.45, 2.75) is 65.0 Å². The molecular formula is C14H26N2O. The van der Waals surface area contributed by atoms with Crippen LogP contribution in [0.25, 0.3) is 0 Å². The van der Waals surface area contributed by atoms with Gasteiger partial charge in [0.25, 0.3) is 0 Å². The van der Waals surface area contributed by atoms with E-state index in [9.17, 15) is 4.79 Å². The summed E-state index contributed by atoms with van der Waals surface area (Å²) in [5.74, 6) is 2.39. The molecule has 0 fully saturated rings. The Hall–Kier alpha value is -1.01. The minimum Gasteiger partial charge on any atom is -0.344 e. The molecule has 0 aliphatic carbocycles. The Morgan fingerprint density at radius 3 is 2.53 bits per heavy atom. The van der Waals surface area contributed by atoms with Crippen LogP contribution < -0.4 is 10.6 Å². The van der Waals surface area contributed by atoms with Gasteiger partial charge in [0.05, 0.1) is 12.6 Å². The largest absolute Gasteiger partial charge is 0.344 e. The monoisotopic (exact) mass is 238 g/mol. The predicted molar refractivity (Wildman–Crippen MR) is 72.7 cm³/mol. The molecule has 0 aromatic rings. The van der Waals surface area contributed by atoms with E-state index in [1.165, 1.54) is 12.8 Å². The summed E-state index contributed by atoms with van der Waals surface area (Å²) in [6.45, 7) is 6.55. The van der Waals surface area contributed by atoms with Crippen LogP contribution in [0, 0.1) is 12.3 Å². The van der Waals surface area contributed by atoms with Crippen LogP contribution >= 0.6 is 0 Å². The van der Waals surface area contributed by atoms with Crippen molar-refractivity contribution >= 4 is 5.91 Å². The van der Waals surface area contributed by atoms with Gasteiger partial charge in [-0.05, 0) is 19.8 Å². The van der Waals surface area contributed by atoms with Crippen LogP contribution in [0.5, 0.6) is 0 Å². The molecule has 0 bridgehead atoms. The average molecular weight is 238 g/mol. The molecule has 0 heterocycles. The second-order valence-electron chi connectivity index (χ2n) is 4.44. The van der Waals surface area contributed by atoms with E-state index >= 15 is 0 Å². The van der Waals surface area contributed by atoms with Crippen molar-refractivity contribution in [3.8, 4) is 12.3 Å². The lowest BCUT2D eigenvalue weighted by Crippen LogP contribution is -2.46. The smallest absolute Gasteiger partial charge is 0.237 e. The van der Waals surface area contributed by atoms with Gasteiger partial charge in [0, 0.05) is 6.04 Å². The third-order valence-electron chi connectivity index (χ3n) is 2.79. The molecule has 0 saturated carbocycles. The SMILES string of the molecule is C#CCNC(=O)C(C)NC(CCC)CCCC. The van der Waals surface area contributed by atoms with Crippen molar-refractivity contribution in [3.05, 3.63) is 0 Å². The Morgan fingerprint density at radius 1 is 1.29 bits per heavy atom. The Bertz CT molecular complexity index is 245. The molecule has 2 N–H and O–H groups in total. The fourth-order valence-corrected chi connectivity index (χ4v) is 1.83. The van der Waals surface area contributed by atoms with Gasteiger partial charge < -0.3 is 10.6 Å². The van der Waals surface area contributed by atoms with E-state index in [-0.39, 0.29) is 11.9 Å². The third-order valence-corrected chi connectivity index (χ3v) is 2.79. The quantitative estimate of drug-likeness (QED) is 0.604. The molecule has 0 aliphatic rings. The highest BCUT2D eigenvalue weighted by Gasteiger charge is 2.16. The van der Waals surface area contributed by atoms with Gasteiger partial charge >= 0.3 is 0 Å². The molecule has 0 radical (unpaired) electrons. The molecule has 0 rings (SSSR count). The highest BCUT2D eigenvalue weighted by atomic mass is 16.2. The third kappa shape index (κ3) is 7.82. The summed E-state index contributed by atoms with van der Waals surface area (Å²) in [5.41, 5.74) is 0. The van der Waals surface area contributed by atoms with Crippen LogP contribution in [0.2, 0.25) is 0 Å². The minimum atomic E-state index is -0.170. The normalized spacial score (nSPS) is 13.8. The molecular weight excluding hydrogens is 212 g/mol. The maximum absolute atomic E-state index is 11.6. The summed E-state index contributed by atoms with van der Waals surface area (Å²) in [6.07, 6.45) is 10.9. The molecule has 0 aromatic carbocycles. The maximum atomic E-state index is 11.6. The van der Waals surface area contributed by atoms with Gasteiger partial charge in [-0.2, -0.15) is 0 Å². The number of amides is 1. The number of unbranched alkanes of at least 4 members (excludes halogenated alkanes) is 1. The lowest BCUT2D eigenvalue weighted by atomic mass is 10.0. The average Bonchev–Trinajstić information content (AvgIpc) is 2.33. The lowest BCUT2D eigenvalue weighted by Gasteiger charge is -2.22. The second kappa shape index (κ2) is 10.2. The number of rotatable bonds is 9. The van der Waals surface area contributed by atoms with E-state index in [4.69, 9.17) is 6.42 Å². The molecule has 2 atom stereocenters. The van der Waals surface area contributed by atoms with Crippen molar-refractivity contribution in [2.24, 2.45) is 0 Å². The van der Waals surface area contributed by atoms with Crippen LogP contribution in [0.3, 0.4) is 0 Å². The summed E-state index contributed by atoms with van der Waals surface area (Å²) in [6, 6.07) is 0.267. The van der Waals surface area contributed by atoms with Gasteiger partial charge in [-0.1, -0.05) is 39.0 Å². The van der Waals surface area contributed by atoms with Gasteiger partial charge in [-0.25, -0.2) is 0 Å². The Balaban J connectivity index is 4.05. The fraction of sp³-hybridized carbons (Fsp3) is 0.786. The first kappa shape index (κ1) is 16.0. The van der Waals surface area contributed by atoms with Crippen LogP contribution in [-0.4, -0.2) is 24.5 Å². The van der Waals surface area contributed by atoms with Gasteiger partial charge in [0.2, 0.25) is 5.91 Å². The molecule has 3 nitrogen and oxygen atoms in total. The zero-order valence-corrected chi connectivity index (χ0v) is 11.4. The molecule has 17 heavy (non-hydrogen) atoms. The van der Waals surface area contributed by atoms with Crippen LogP contribution in [0.15, 0.2) is 0 Å². The van der Waals surface area contributed by atoms with Gasteiger partial charge in [-0.15, -0.1) is 6.42 Å². The number of carbonyl (C=O) groups excluding carboxylic acids is 1. The maximum Gasteiger partial charge on any atom is 0.237 e. The van der Waals surface area contributed by atoms with Gasteiger partial charge in [0.1, 0.15) is 0 Å². The van der Waals surface area contributed by atoms with E-state index in [0.29, 0.717) is 12.6 Å². The minimum absolute atomic E-state index is 0.0134. The molecule has 0 aromatic heterocycles. The number of hydrogen-bond acceptors (Lipinski definition) is 2. The van der Waals surface area contributed by atoms with Gasteiger partial charge in [-0.3, -0.25) is 4.79 Å². The Kier molecular flexibility index (Phi) is 9.56. The Labute approximate surface area is 106 Å². The molecule has 3 heteroatoms. The van der Waals surface area contributed by atoms with E-state index in [2.05, 4.69) is 30.4 Å². The molecule has 0 spiro atoms. The second-order valence-corrected chi connectivity index (χ2v) is 4.44. The zero-order valence-electron chi connectivity index (χ0n) is 11.4. The first-order chi connectivity index (χ1) is 8.15. The summed E-state index contributed by atoms with van der Waals surface area (Å²) in [5, 5.41) is 6.08. The number of nitrogens with one attached hydrogen (secondary N) is 2. The fourth-order valence-electron chi connectivity index (χ4n) is 1.83. The van der Waals surface area contributed by atoms with Crippen molar-refractivity contribution in [1.82, 2.24) is 10.6 Å². The topological polar surface area (TPSA) is 41.1 Å². The number of carbonyl (C=O) groups is 1. The zero-order chi connectivity index (χ0) is 13.1. The number of hydrogen-bond donors (Lipinski definition) is 2. The summed E-state index contributed by atoms with van der Waals surface area (Å²) >= 11 is 0. The van der Waals surface area contributed by atoms with Crippen molar-refractivity contribution in [3.63, 3.8) is 0 Å². The molecule has 0 aliphatic heterocycles. The molecule has 98 valence electrons. The van der Waals surface area contributed by atoms with Crippen molar-refractivity contribution < 1.29 is 4.79 Å². The summed E-state index contributed by atoms with van der Waals surface area (Å²) in [7, 11) is 0. The van der Waals surface area contributed by atoms with Crippen LogP contribution in [-0.2, 0) is 4.79 Å². The van der Waals surface area contributed by atoms with E-state index in [1.54, 1.807) is 0 Å². The summed E-state index contributed by atoms with van der Waals surface area (Å²) < 4.78 is 0.